The number of sulfonamides is 1. The van der Waals surface area contributed by atoms with E-state index in [0.717, 1.165) is 5.56 Å². The number of benzene rings is 2. The number of nitrogens with one attached hydrogen (secondary N) is 1. The largest absolute Gasteiger partial charge is 0.242 e. The van der Waals surface area contributed by atoms with Crippen LogP contribution in [0.5, 0.6) is 0 Å². The second-order valence-corrected chi connectivity index (χ2v) is 7.21. The van der Waals surface area contributed by atoms with Crippen LogP contribution >= 0.6 is 23.2 Å². The first kappa shape index (κ1) is 16.3. The van der Waals surface area contributed by atoms with Gasteiger partial charge in [0.05, 0.1) is 5.02 Å². The molecule has 0 bridgehead atoms. The Morgan fingerprint density at radius 3 is 2.29 bits per heavy atom. The molecule has 0 fully saturated rings. The van der Waals surface area contributed by atoms with E-state index in [-0.39, 0.29) is 16.0 Å². The summed E-state index contributed by atoms with van der Waals surface area (Å²) in [5.74, 6) is 0. The molecule has 0 amide bonds. The van der Waals surface area contributed by atoms with E-state index in [1.165, 1.54) is 12.1 Å². The summed E-state index contributed by atoms with van der Waals surface area (Å²) in [5.41, 5.74) is 1.43. The minimum atomic E-state index is -3.72. The van der Waals surface area contributed by atoms with Gasteiger partial charge in [-0.1, -0.05) is 53.5 Å². The van der Waals surface area contributed by atoms with Crippen molar-refractivity contribution in [1.29, 1.82) is 0 Å². The fourth-order valence-corrected chi connectivity index (χ4v) is 3.99. The highest BCUT2D eigenvalue weighted by Gasteiger charge is 2.22. The number of halogens is 2. The minimum absolute atomic E-state index is 0.0360. The molecule has 0 aliphatic heterocycles. The molecule has 3 nitrogen and oxygen atoms in total. The average molecular weight is 344 g/mol. The van der Waals surface area contributed by atoms with E-state index in [1.54, 1.807) is 13.8 Å². The minimum Gasteiger partial charge on any atom is -0.207 e. The molecule has 0 saturated heterocycles. The van der Waals surface area contributed by atoms with Crippen molar-refractivity contribution in [1.82, 2.24) is 4.72 Å². The highest BCUT2D eigenvalue weighted by atomic mass is 35.5. The van der Waals surface area contributed by atoms with E-state index < -0.39 is 10.0 Å². The van der Waals surface area contributed by atoms with Crippen LogP contribution in [-0.4, -0.2) is 8.42 Å². The number of rotatable bonds is 4. The van der Waals surface area contributed by atoms with Gasteiger partial charge in [-0.25, -0.2) is 13.1 Å². The predicted octanol–water partition coefficient (Wildman–Crippen LogP) is 4.34. The van der Waals surface area contributed by atoms with Crippen LogP contribution in [0.15, 0.2) is 47.4 Å². The van der Waals surface area contributed by atoms with Gasteiger partial charge in [0.25, 0.3) is 0 Å². The summed E-state index contributed by atoms with van der Waals surface area (Å²) in [6.45, 7) is 3.47. The van der Waals surface area contributed by atoms with Crippen molar-refractivity contribution >= 4 is 33.2 Å². The summed E-state index contributed by atoms with van der Waals surface area (Å²) < 4.78 is 27.5. The fraction of sp³-hybridized carbons (Fsp3) is 0.200. The van der Waals surface area contributed by atoms with Gasteiger partial charge in [-0.15, -0.1) is 0 Å². The van der Waals surface area contributed by atoms with Gasteiger partial charge < -0.3 is 0 Å². The van der Waals surface area contributed by atoms with Crippen molar-refractivity contribution in [2.24, 2.45) is 0 Å². The molecular weight excluding hydrogens is 329 g/mol. The molecule has 0 aromatic heterocycles. The van der Waals surface area contributed by atoms with Crippen molar-refractivity contribution in [3.05, 3.63) is 63.6 Å². The third-order valence-corrected chi connectivity index (χ3v) is 5.80. The molecule has 21 heavy (non-hydrogen) atoms. The van der Waals surface area contributed by atoms with Crippen molar-refractivity contribution in [2.75, 3.05) is 0 Å². The molecule has 6 heteroatoms. The summed E-state index contributed by atoms with van der Waals surface area (Å²) in [6.07, 6.45) is 0. The Hall–Kier alpha value is -1.07. The number of hydrogen-bond donors (Lipinski definition) is 1. The average Bonchev–Trinajstić information content (AvgIpc) is 2.45. The summed E-state index contributed by atoms with van der Waals surface area (Å²) in [7, 11) is -3.72. The van der Waals surface area contributed by atoms with Crippen molar-refractivity contribution < 1.29 is 8.42 Å². The smallest absolute Gasteiger partial charge is 0.207 e. The molecule has 2 aromatic carbocycles. The van der Waals surface area contributed by atoms with Crippen LogP contribution in [-0.2, 0) is 10.0 Å². The third kappa shape index (κ3) is 3.58. The normalized spacial score (nSPS) is 13.1. The van der Waals surface area contributed by atoms with Gasteiger partial charge in [-0.2, -0.15) is 0 Å². The first-order valence-electron chi connectivity index (χ1n) is 6.35. The van der Waals surface area contributed by atoms with Gasteiger partial charge in [0.15, 0.2) is 0 Å². The zero-order valence-corrected chi connectivity index (χ0v) is 13.9. The summed E-state index contributed by atoms with van der Waals surface area (Å²) in [6, 6.07) is 11.9. The summed E-state index contributed by atoms with van der Waals surface area (Å²) in [4.78, 5) is 0.0360. The first-order valence-corrected chi connectivity index (χ1v) is 8.58. The van der Waals surface area contributed by atoms with Gasteiger partial charge in [0.1, 0.15) is 4.90 Å². The molecule has 0 spiro atoms. The molecule has 0 aliphatic rings. The second kappa shape index (κ2) is 6.36. The van der Waals surface area contributed by atoms with Crippen LogP contribution in [0.4, 0.5) is 0 Å². The molecular formula is C15H15Cl2NO2S. The summed E-state index contributed by atoms with van der Waals surface area (Å²) >= 11 is 12.0. The Morgan fingerprint density at radius 2 is 1.67 bits per heavy atom. The van der Waals surface area contributed by atoms with E-state index in [9.17, 15) is 8.42 Å². The molecule has 2 rings (SSSR count). The Bertz CT molecular complexity index is 746. The first-order chi connectivity index (χ1) is 9.83. The third-order valence-electron chi connectivity index (χ3n) is 3.21. The Kier molecular flexibility index (Phi) is 4.94. The van der Waals surface area contributed by atoms with Gasteiger partial charge in [-0.3, -0.25) is 0 Å². The second-order valence-electron chi connectivity index (χ2n) is 4.74. The van der Waals surface area contributed by atoms with E-state index in [1.807, 2.05) is 30.3 Å². The lowest BCUT2D eigenvalue weighted by atomic mass is 10.1. The van der Waals surface area contributed by atoms with Crippen LogP contribution in [0.3, 0.4) is 0 Å². The quantitative estimate of drug-likeness (QED) is 0.897. The van der Waals surface area contributed by atoms with E-state index >= 15 is 0 Å². The molecule has 2 aromatic rings. The topological polar surface area (TPSA) is 46.2 Å². The van der Waals surface area contributed by atoms with Gasteiger partial charge in [-0.05, 0) is 37.1 Å². The highest BCUT2D eigenvalue weighted by molar-refractivity contribution is 7.89. The molecule has 1 atom stereocenters. The maximum atomic E-state index is 12.5. The van der Waals surface area contributed by atoms with Gasteiger partial charge in [0.2, 0.25) is 10.0 Å². The molecule has 0 unspecified atom stereocenters. The zero-order valence-electron chi connectivity index (χ0n) is 11.6. The van der Waals surface area contributed by atoms with Crippen LogP contribution in [0.2, 0.25) is 10.0 Å². The van der Waals surface area contributed by atoms with Crippen LogP contribution in [0.25, 0.3) is 0 Å². The monoisotopic (exact) mass is 343 g/mol. The predicted molar refractivity (Wildman–Crippen MR) is 86.4 cm³/mol. The standard InChI is InChI=1S/C15H15Cl2NO2S/c1-10-13(16)8-9-14(15(10)17)21(19,20)18-11(2)12-6-4-3-5-7-12/h3-9,11,18H,1-2H3/t11-/m1/s1. The maximum absolute atomic E-state index is 12.5. The van der Waals surface area contributed by atoms with Crippen molar-refractivity contribution in [3.63, 3.8) is 0 Å². The van der Waals surface area contributed by atoms with E-state index in [4.69, 9.17) is 23.2 Å². The van der Waals surface area contributed by atoms with Crippen molar-refractivity contribution in [3.8, 4) is 0 Å². The fourth-order valence-electron chi connectivity index (χ4n) is 1.95. The molecule has 0 radical (unpaired) electrons. The lowest BCUT2D eigenvalue weighted by Gasteiger charge is -2.16. The molecule has 0 heterocycles. The van der Waals surface area contributed by atoms with Gasteiger partial charge >= 0.3 is 0 Å². The molecule has 1 N–H and O–H groups in total. The van der Waals surface area contributed by atoms with Crippen molar-refractivity contribution in [2.45, 2.75) is 24.8 Å². The Labute approximate surface area is 135 Å². The van der Waals surface area contributed by atoms with Crippen LogP contribution < -0.4 is 4.72 Å². The van der Waals surface area contributed by atoms with Gasteiger partial charge in [0, 0.05) is 11.1 Å². The van der Waals surface area contributed by atoms with E-state index in [2.05, 4.69) is 4.72 Å². The number of hydrogen-bond acceptors (Lipinski definition) is 2. The molecule has 112 valence electrons. The van der Waals surface area contributed by atoms with Crippen LogP contribution in [0, 0.1) is 6.92 Å². The van der Waals surface area contributed by atoms with E-state index in [0.29, 0.717) is 10.6 Å². The molecule has 0 saturated carbocycles. The lowest BCUT2D eigenvalue weighted by molar-refractivity contribution is 0.567. The SMILES string of the molecule is Cc1c(Cl)ccc(S(=O)(=O)N[C@H](C)c2ccccc2)c1Cl. The zero-order chi connectivity index (χ0) is 15.6. The maximum Gasteiger partial charge on any atom is 0.242 e. The highest BCUT2D eigenvalue weighted by Crippen LogP contribution is 2.30. The summed E-state index contributed by atoms with van der Waals surface area (Å²) in [5, 5.41) is 0.588. The van der Waals surface area contributed by atoms with Crippen LogP contribution in [0.1, 0.15) is 24.1 Å². The Balaban J connectivity index is 2.33. The molecule has 0 aliphatic carbocycles. The Morgan fingerprint density at radius 1 is 1.05 bits per heavy atom. The lowest BCUT2D eigenvalue weighted by Crippen LogP contribution is -2.27.